The summed E-state index contributed by atoms with van der Waals surface area (Å²) in [6, 6.07) is 24.2. The van der Waals surface area contributed by atoms with Crippen molar-refractivity contribution in [3.63, 3.8) is 0 Å². The van der Waals surface area contributed by atoms with Gasteiger partial charge in [-0.15, -0.1) is 0 Å². The first kappa shape index (κ1) is 21.1. The molecule has 0 radical (unpaired) electrons. The fraction of sp³-hybridized carbons (Fsp3) is 0.276. The fourth-order valence-corrected chi connectivity index (χ4v) is 4.45. The minimum atomic E-state index is 0.413. The van der Waals surface area contributed by atoms with E-state index in [1.165, 1.54) is 44.9 Å². The zero-order valence-corrected chi connectivity index (χ0v) is 19.6. The maximum Gasteiger partial charge on any atom is 0.229 e. The van der Waals surface area contributed by atoms with E-state index in [4.69, 9.17) is 0 Å². The van der Waals surface area contributed by atoms with Gasteiger partial charge in [0.25, 0.3) is 0 Å². The third-order valence-corrected chi connectivity index (χ3v) is 6.15. The van der Waals surface area contributed by atoms with Crippen molar-refractivity contribution in [1.82, 2.24) is 4.57 Å². The number of hydrogen-bond donors (Lipinski definition) is 0. The van der Waals surface area contributed by atoms with Crippen LogP contribution < -0.4 is 4.57 Å². The number of rotatable bonds is 5. The summed E-state index contributed by atoms with van der Waals surface area (Å²) in [4.78, 5) is 0. The highest BCUT2D eigenvalue weighted by Gasteiger charge is 2.23. The molecule has 0 N–H and O–H groups in total. The van der Waals surface area contributed by atoms with Crippen LogP contribution in [-0.2, 0) is 7.05 Å². The maximum atomic E-state index is 2.42. The van der Waals surface area contributed by atoms with E-state index in [1.807, 2.05) is 0 Å². The minimum absolute atomic E-state index is 0.413. The maximum absolute atomic E-state index is 2.42. The number of pyridine rings is 1. The van der Waals surface area contributed by atoms with E-state index in [0.29, 0.717) is 11.8 Å². The fourth-order valence-electron chi connectivity index (χ4n) is 4.45. The minimum Gasteiger partial charge on any atom is -0.311 e. The summed E-state index contributed by atoms with van der Waals surface area (Å²) in [6.07, 6.45) is 4.37. The highest BCUT2D eigenvalue weighted by molar-refractivity contribution is 5.72. The van der Waals surface area contributed by atoms with E-state index in [9.17, 15) is 0 Å². The Bertz CT molecular complexity index is 1170. The molecule has 0 spiro atoms. The molecule has 31 heavy (non-hydrogen) atoms. The molecule has 2 heteroatoms. The molecule has 0 fully saturated rings. The quantitative estimate of drug-likeness (QED) is 0.308. The molecule has 0 unspecified atom stereocenters. The first-order valence-corrected chi connectivity index (χ1v) is 11.2. The second-order valence-electron chi connectivity index (χ2n) is 9.09. The van der Waals surface area contributed by atoms with Gasteiger partial charge >= 0.3 is 0 Å². The zero-order chi connectivity index (χ0) is 22.1. The average Bonchev–Trinajstić information content (AvgIpc) is 3.14. The zero-order valence-electron chi connectivity index (χ0n) is 19.6. The van der Waals surface area contributed by atoms with Crippen LogP contribution in [0.5, 0.6) is 0 Å². The largest absolute Gasteiger partial charge is 0.311 e. The van der Waals surface area contributed by atoms with Crippen molar-refractivity contribution in [3.8, 4) is 28.2 Å². The Hall–Kier alpha value is -3.13. The highest BCUT2D eigenvalue weighted by Crippen LogP contribution is 2.38. The Morgan fingerprint density at radius 3 is 1.94 bits per heavy atom. The predicted octanol–water partition coefficient (Wildman–Crippen LogP) is 7.19. The van der Waals surface area contributed by atoms with Gasteiger partial charge in [0.1, 0.15) is 12.7 Å². The highest BCUT2D eigenvalue weighted by atomic mass is 15.0. The van der Waals surface area contributed by atoms with Crippen LogP contribution in [0.3, 0.4) is 0 Å². The van der Waals surface area contributed by atoms with Crippen molar-refractivity contribution in [1.29, 1.82) is 0 Å². The molecule has 0 aliphatic carbocycles. The van der Waals surface area contributed by atoms with Crippen LogP contribution >= 0.6 is 0 Å². The van der Waals surface area contributed by atoms with Crippen LogP contribution in [0, 0.1) is 6.92 Å². The van der Waals surface area contributed by atoms with Gasteiger partial charge in [0.05, 0.1) is 5.69 Å². The van der Waals surface area contributed by atoms with Crippen molar-refractivity contribution in [2.45, 2.75) is 46.5 Å². The SMILES string of the molecule is Cc1ccn(-c2c(C(C)C)cc(-c3ccccc3)cc2C(C)C)c1-c1cccc[n+]1C. The topological polar surface area (TPSA) is 8.81 Å². The van der Waals surface area contributed by atoms with Gasteiger partial charge in [-0.1, -0.05) is 58.0 Å². The van der Waals surface area contributed by atoms with Gasteiger partial charge in [-0.05, 0) is 70.8 Å². The van der Waals surface area contributed by atoms with E-state index in [2.05, 4.69) is 130 Å². The second kappa shape index (κ2) is 8.55. The first-order valence-electron chi connectivity index (χ1n) is 11.2. The summed E-state index contributed by atoms with van der Waals surface area (Å²) in [6.45, 7) is 11.4. The van der Waals surface area contributed by atoms with E-state index < -0.39 is 0 Å². The molecule has 0 atom stereocenters. The molecule has 0 aliphatic rings. The molecule has 0 saturated heterocycles. The van der Waals surface area contributed by atoms with E-state index in [0.717, 1.165) is 0 Å². The van der Waals surface area contributed by atoms with E-state index in [1.54, 1.807) is 0 Å². The summed E-state index contributed by atoms with van der Waals surface area (Å²) < 4.78 is 4.63. The normalized spacial score (nSPS) is 11.5. The average molecular weight is 410 g/mol. The lowest BCUT2D eigenvalue weighted by Crippen LogP contribution is -2.31. The molecular weight excluding hydrogens is 376 g/mol. The van der Waals surface area contributed by atoms with Crippen LogP contribution in [0.25, 0.3) is 28.2 Å². The molecule has 4 rings (SSSR count). The number of nitrogens with zero attached hydrogens (tertiary/aromatic N) is 2. The summed E-state index contributed by atoms with van der Waals surface area (Å²) >= 11 is 0. The summed E-state index contributed by atoms with van der Waals surface area (Å²) in [7, 11) is 2.12. The second-order valence-corrected chi connectivity index (χ2v) is 9.09. The number of aromatic nitrogens is 2. The van der Waals surface area contributed by atoms with Crippen LogP contribution in [0.2, 0.25) is 0 Å². The number of hydrogen-bond acceptors (Lipinski definition) is 0. The van der Waals surface area contributed by atoms with Gasteiger partial charge in [0, 0.05) is 18.3 Å². The van der Waals surface area contributed by atoms with Gasteiger partial charge in [0.2, 0.25) is 5.69 Å². The summed E-state index contributed by atoms with van der Waals surface area (Å²) in [5.74, 6) is 0.826. The predicted molar refractivity (Wildman–Crippen MR) is 131 cm³/mol. The molecule has 2 aromatic carbocycles. The molecule has 0 amide bonds. The van der Waals surface area contributed by atoms with Gasteiger partial charge in [-0.2, -0.15) is 4.57 Å². The van der Waals surface area contributed by atoms with Crippen LogP contribution in [0.1, 0.15) is 56.2 Å². The monoisotopic (exact) mass is 409 g/mol. The lowest BCUT2D eigenvalue weighted by Gasteiger charge is -2.24. The van der Waals surface area contributed by atoms with Gasteiger partial charge < -0.3 is 4.57 Å². The Kier molecular flexibility index (Phi) is 5.82. The Morgan fingerprint density at radius 1 is 0.742 bits per heavy atom. The van der Waals surface area contributed by atoms with Gasteiger partial charge in [-0.25, -0.2) is 0 Å². The molecule has 2 nitrogen and oxygen atoms in total. The molecule has 0 bridgehead atoms. The molecule has 2 heterocycles. The Morgan fingerprint density at radius 2 is 1.35 bits per heavy atom. The van der Waals surface area contributed by atoms with Gasteiger partial charge in [-0.3, -0.25) is 0 Å². The Labute approximate surface area is 186 Å². The van der Waals surface area contributed by atoms with E-state index in [-0.39, 0.29) is 0 Å². The van der Waals surface area contributed by atoms with Crippen LogP contribution in [0.4, 0.5) is 0 Å². The number of benzene rings is 2. The molecular formula is C29H33N2+. The van der Waals surface area contributed by atoms with Gasteiger partial charge in [0.15, 0.2) is 6.20 Å². The van der Waals surface area contributed by atoms with E-state index >= 15 is 0 Å². The molecule has 2 aromatic heterocycles. The lowest BCUT2D eigenvalue weighted by atomic mass is 9.88. The van der Waals surface area contributed by atoms with Crippen molar-refractivity contribution in [3.05, 3.63) is 95.8 Å². The third kappa shape index (κ3) is 3.95. The Balaban J connectivity index is 2.04. The smallest absolute Gasteiger partial charge is 0.229 e. The molecule has 4 aromatic rings. The third-order valence-electron chi connectivity index (χ3n) is 6.15. The molecule has 158 valence electrons. The number of aryl methyl sites for hydroxylation is 2. The van der Waals surface area contributed by atoms with Crippen molar-refractivity contribution >= 4 is 0 Å². The standard InChI is InChI=1S/C29H33N2/c1-20(2)25-18-24(23-12-8-7-9-13-23)19-26(21(3)4)29(25)31-17-15-22(5)28(31)27-14-10-11-16-30(27)6/h7-21H,1-6H3/q+1. The van der Waals surface area contributed by atoms with Crippen LogP contribution in [-0.4, -0.2) is 4.57 Å². The molecule has 0 aliphatic heterocycles. The van der Waals surface area contributed by atoms with Crippen molar-refractivity contribution in [2.75, 3.05) is 0 Å². The first-order chi connectivity index (χ1) is 14.9. The summed E-state index contributed by atoms with van der Waals surface area (Å²) in [5.41, 5.74) is 10.5. The van der Waals surface area contributed by atoms with Crippen molar-refractivity contribution in [2.24, 2.45) is 7.05 Å². The van der Waals surface area contributed by atoms with Crippen molar-refractivity contribution < 1.29 is 4.57 Å². The molecule has 0 saturated carbocycles. The lowest BCUT2D eigenvalue weighted by molar-refractivity contribution is -0.660. The van der Waals surface area contributed by atoms with Crippen LogP contribution in [0.15, 0.2) is 79.1 Å². The summed E-state index contributed by atoms with van der Waals surface area (Å²) in [5, 5.41) is 0.